The topological polar surface area (TPSA) is 12.0 Å². The highest BCUT2D eigenvalue weighted by Gasteiger charge is 2.38. The summed E-state index contributed by atoms with van der Waals surface area (Å²) in [6.45, 7) is 17.7. The van der Waals surface area contributed by atoms with Crippen LogP contribution in [0, 0.1) is 16.7 Å². The molecule has 0 aromatic carbocycles. The second kappa shape index (κ2) is 6.81. The zero-order valence-electron chi connectivity index (χ0n) is 15.2. The zero-order valence-corrected chi connectivity index (χ0v) is 15.2. The second-order valence-corrected chi connectivity index (χ2v) is 9.35. The van der Waals surface area contributed by atoms with Gasteiger partial charge in [-0.3, -0.25) is 0 Å². The van der Waals surface area contributed by atoms with Gasteiger partial charge in [-0.2, -0.15) is 0 Å². The van der Waals surface area contributed by atoms with Crippen molar-refractivity contribution in [2.75, 3.05) is 6.54 Å². The van der Waals surface area contributed by atoms with Gasteiger partial charge in [0.15, 0.2) is 0 Å². The van der Waals surface area contributed by atoms with Gasteiger partial charge in [0.25, 0.3) is 0 Å². The van der Waals surface area contributed by atoms with Gasteiger partial charge in [-0.05, 0) is 69.6 Å². The second-order valence-electron chi connectivity index (χ2n) is 9.35. The number of hydrogen-bond acceptors (Lipinski definition) is 1. The van der Waals surface area contributed by atoms with Crippen molar-refractivity contribution in [2.45, 2.75) is 99.0 Å². The number of rotatable bonds is 5. The van der Waals surface area contributed by atoms with Crippen LogP contribution in [0.3, 0.4) is 0 Å². The van der Waals surface area contributed by atoms with Crippen molar-refractivity contribution in [1.29, 1.82) is 0 Å². The standard InChI is InChI=1S/C19H39N/c1-8-9-12-19(15-20-18(5,6)7)13-10-16(11-14-19)17(2,3)4/h16,20H,8-15H2,1-7H3. The van der Waals surface area contributed by atoms with Gasteiger partial charge in [0.2, 0.25) is 0 Å². The van der Waals surface area contributed by atoms with Gasteiger partial charge in [-0.1, -0.05) is 40.5 Å². The predicted octanol–water partition coefficient (Wildman–Crippen LogP) is 5.79. The first kappa shape index (κ1) is 18.0. The van der Waals surface area contributed by atoms with Gasteiger partial charge in [-0.25, -0.2) is 0 Å². The van der Waals surface area contributed by atoms with E-state index in [2.05, 4.69) is 53.8 Å². The maximum absolute atomic E-state index is 3.79. The van der Waals surface area contributed by atoms with Crippen LogP contribution in [0.2, 0.25) is 0 Å². The number of nitrogens with one attached hydrogen (secondary N) is 1. The Morgan fingerprint density at radius 2 is 1.55 bits per heavy atom. The van der Waals surface area contributed by atoms with Gasteiger partial charge in [-0.15, -0.1) is 0 Å². The lowest BCUT2D eigenvalue weighted by molar-refractivity contribution is 0.0728. The Kier molecular flexibility index (Phi) is 6.14. The molecule has 0 spiro atoms. The highest BCUT2D eigenvalue weighted by Crippen LogP contribution is 2.47. The minimum Gasteiger partial charge on any atom is -0.312 e. The lowest BCUT2D eigenvalue weighted by atomic mass is 9.62. The molecule has 0 saturated heterocycles. The summed E-state index contributed by atoms with van der Waals surface area (Å²) < 4.78 is 0. The van der Waals surface area contributed by atoms with E-state index >= 15 is 0 Å². The van der Waals surface area contributed by atoms with Crippen LogP contribution in [0.1, 0.15) is 93.4 Å². The molecule has 0 radical (unpaired) electrons. The third-order valence-electron chi connectivity index (χ3n) is 5.33. The van der Waals surface area contributed by atoms with Crippen LogP contribution in [-0.2, 0) is 0 Å². The average Bonchev–Trinajstić information content (AvgIpc) is 2.33. The van der Waals surface area contributed by atoms with E-state index in [1.54, 1.807) is 0 Å². The Morgan fingerprint density at radius 3 is 1.95 bits per heavy atom. The molecule has 1 heteroatoms. The van der Waals surface area contributed by atoms with Crippen LogP contribution in [0.5, 0.6) is 0 Å². The molecule has 1 fully saturated rings. The van der Waals surface area contributed by atoms with Crippen molar-refractivity contribution in [3.8, 4) is 0 Å². The van der Waals surface area contributed by atoms with Crippen molar-refractivity contribution >= 4 is 0 Å². The summed E-state index contributed by atoms with van der Waals surface area (Å²) in [6.07, 6.45) is 9.86. The molecule has 0 atom stereocenters. The summed E-state index contributed by atoms with van der Waals surface area (Å²) in [6, 6.07) is 0. The summed E-state index contributed by atoms with van der Waals surface area (Å²) in [5.41, 5.74) is 1.32. The lowest BCUT2D eigenvalue weighted by Gasteiger charge is -2.45. The number of hydrogen-bond donors (Lipinski definition) is 1. The minimum absolute atomic E-state index is 0.250. The van der Waals surface area contributed by atoms with Crippen molar-refractivity contribution < 1.29 is 0 Å². The maximum atomic E-state index is 3.79. The van der Waals surface area contributed by atoms with Crippen LogP contribution in [0.15, 0.2) is 0 Å². The first-order valence-corrected chi connectivity index (χ1v) is 8.83. The van der Waals surface area contributed by atoms with Crippen LogP contribution < -0.4 is 5.32 Å². The summed E-state index contributed by atoms with van der Waals surface area (Å²) in [4.78, 5) is 0. The number of unbranched alkanes of at least 4 members (excludes halogenated alkanes) is 1. The van der Waals surface area contributed by atoms with E-state index in [4.69, 9.17) is 0 Å². The smallest absolute Gasteiger partial charge is 0.00967 e. The Hall–Kier alpha value is -0.0400. The van der Waals surface area contributed by atoms with E-state index in [0.717, 1.165) is 5.92 Å². The normalized spacial score (nSPS) is 28.6. The highest BCUT2D eigenvalue weighted by atomic mass is 15.0. The van der Waals surface area contributed by atoms with Gasteiger partial charge in [0.1, 0.15) is 0 Å². The molecular weight excluding hydrogens is 242 g/mol. The molecule has 1 N–H and O–H groups in total. The van der Waals surface area contributed by atoms with E-state index in [9.17, 15) is 0 Å². The third kappa shape index (κ3) is 5.76. The molecule has 1 nitrogen and oxygen atoms in total. The maximum Gasteiger partial charge on any atom is 0.00967 e. The van der Waals surface area contributed by atoms with Crippen LogP contribution in [0.25, 0.3) is 0 Å². The van der Waals surface area contributed by atoms with Gasteiger partial charge >= 0.3 is 0 Å². The van der Waals surface area contributed by atoms with E-state index < -0.39 is 0 Å². The van der Waals surface area contributed by atoms with Crippen molar-refractivity contribution in [1.82, 2.24) is 5.32 Å². The fourth-order valence-corrected chi connectivity index (χ4v) is 3.62. The van der Waals surface area contributed by atoms with Crippen molar-refractivity contribution in [2.24, 2.45) is 16.7 Å². The highest BCUT2D eigenvalue weighted by molar-refractivity contribution is 4.91. The Morgan fingerprint density at radius 1 is 1.00 bits per heavy atom. The predicted molar refractivity (Wildman–Crippen MR) is 91.1 cm³/mol. The van der Waals surface area contributed by atoms with Crippen LogP contribution in [0.4, 0.5) is 0 Å². The Bertz CT molecular complexity index is 271. The molecule has 20 heavy (non-hydrogen) atoms. The molecular formula is C19H39N. The summed E-state index contributed by atoms with van der Waals surface area (Å²) in [5.74, 6) is 0.923. The summed E-state index contributed by atoms with van der Waals surface area (Å²) >= 11 is 0. The fraction of sp³-hybridized carbons (Fsp3) is 1.00. The minimum atomic E-state index is 0.250. The van der Waals surface area contributed by atoms with Gasteiger partial charge in [0.05, 0.1) is 0 Å². The fourth-order valence-electron chi connectivity index (χ4n) is 3.62. The van der Waals surface area contributed by atoms with E-state index in [-0.39, 0.29) is 5.54 Å². The molecule has 1 saturated carbocycles. The van der Waals surface area contributed by atoms with Gasteiger partial charge in [0, 0.05) is 12.1 Å². The molecule has 0 aromatic heterocycles. The quantitative estimate of drug-likeness (QED) is 0.673. The Labute approximate surface area is 128 Å². The lowest BCUT2D eigenvalue weighted by Crippen LogP contribution is -2.46. The Balaban J connectivity index is 2.63. The van der Waals surface area contributed by atoms with E-state index in [0.29, 0.717) is 10.8 Å². The molecule has 0 aliphatic heterocycles. The van der Waals surface area contributed by atoms with Crippen molar-refractivity contribution in [3.05, 3.63) is 0 Å². The zero-order chi connectivity index (χ0) is 15.4. The monoisotopic (exact) mass is 281 g/mol. The molecule has 0 aromatic rings. The largest absolute Gasteiger partial charge is 0.312 e. The van der Waals surface area contributed by atoms with Gasteiger partial charge < -0.3 is 5.32 Å². The SMILES string of the molecule is CCCCC1(CNC(C)(C)C)CCC(C(C)(C)C)CC1. The summed E-state index contributed by atoms with van der Waals surface area (Å²) in [5, 5.41) is 3.79. The first-order chi connectivity index (χ1) is 9.08. The molecule has 0 bridgehead atoms. The summed E-state index contributed by atoms with van der Waals surface area (Å²) in [7, 11) is 0. The molecule has 120 valence electrons. The average molecular weight is 282 g/mol. The molecule has 0 unspecified atom stereocenters. The van der Waals surface area contributed by atoms with Crippen LogP contribution in [-0.4, -0.2) is 12.1 Å². The van der Waals surface area contributed by atoms with Crippen molar-refractivity contribution in [3.63, 3.8) is 0 Å². The molecule has 0 heterocycles. The van der Waals surface area contributed by atoms with E-state index in [1.807, 2.05) is 0 Å². The molecule has 1 aliphatic rings. The van der Waals surface area contributed by atoms with Crippen LogP contribution >= 0.6 is 0 Å². The third-order valence-corrected chi connectivity index (χ3v) is 5.33. The van der Waals surface area contributed by atoms with E-state index in [1.165, 1.54) is 51.5 Å². The first-order valence-electron chi connectivity index (χ1n) is 8.83. The molecule has 0 amide bonds. The molecule has 1 rings (SSSR count). The molecule has 1 aliphatic carbocycles.